The summed E-state index contributed by atoms with van der Waals surface area (Å²) in [5.41, 5.74) is 1.83. The van der Waals surface area contributed by atoms with E-state index in [0.29, 0.717) is 32.9 Å². The molecule has 1 heterocycles. The summed E-state index contributed by atoms with van der Waals surface area (Å²) in [6.45, 7) is 1.93. The molecule has 0 atom stereocenters. The Morgan fingerprint density at radius 2 is 1.89 bits per heavy atom. The number of methoxy groups -OCH3 is 2. The molecule has 27 heavy (non-hydrogen) atoms. The molecular weight excluding hydrogens is 407 g/mol. The van der Waals surface area contributed by atoms with Crippen molar-refractivity contribution in [3.05, 3.63) is 56.9 Å². The third-order valence-corrected chi connectivity index (χ3v) is 5.29. The van der Waals surface area contributed by atoms with Gasteiger partial charge >= 0.3 is 0 Å². The summed E-state index contributed by atoms with van der Waals surface area (Å²) in [7, 11) is 3.19. The van der Waals surface area contributed by atoms with Gasteiger partial charge in [-0.3, -0.25) is 10.1 Å². The molecule has 2 aromatic carbocycles. The Morgan fingerprint density at radius 3 is 2.56 bits per heavy atom. The first-order chi connectivity index (χ1) is 12.9. The predicted molar refractivity (Wildman–Crippen MR) is 110 cm³/mol. The zero-order chi connectivity index (χ0) is 19.6. The number of hydrogen-bond donors (Lipinski definition) is 1. The van der Waals surface area contributed by atoms with Gasteiger partial charge in [0.05, 0.1) is 30.5 Å². The number of ether oxygens (including phenoxy) is 2. The summed E-state index contributed by atoms with van der Waals surface area (Å²) < 4.78 is 10.7. The van der Waals surface area contributed by atoms with Crippen LogP contribution in [0.4, 0.5) is 5.13 Å². The van der Waals surface area contributed by atoms with E-state index in [9.17, 15) is 4.79 Å². The molecule has 0 fully saturated rings. The third-order valence-electron chi connectivity index (χ3n) is 3.85. The lowest BCUT2D eigenvalue weighted by Crippen LogP contribution is -2.12. The first-order valence-electron chi connectivity index (χ1n) is 7.89. The van der Waals surface area contributed by atoms with Crippen LogP contribution in [0.3, 0.4) is 0 Å². The molecule has 0 saturated carbocycles. The van der Waals surface area contributed by atoms with Crippen molar-refractivity contribution in [1.82, 2.24) is 4.98 Å². The highest BCUT2D eigenvalue weighted by Crippen LogP contribution is 2.38. The van der Waals surface area contributed by atoms with E-state index in [4.69, 9.17) is 32.7 Å². The number of aryl methyl sites for hydroxylation is 1. The number of nitrogens with zero attached hydrogens (tertiary/aromatic N) is 1. The molecule has 0 spiro atoms. The Bertz CT molecular complexity index is 1000. The zero-order valence-electron chi connectivity index (χ0n) is 14.8. The second-order valence-corrected chi connectivity index (χ2v) is 7.62. The van der Waals surface area contributed by atoms with Crippen LogP contribution in [-0.4, -0.2) is 25.1 Å². The van der Waals surface area contributed by atoms with Crippen molar-refractivity contribution in [2.45, 2.75) is 6.92 Å². The summed E-state index contributed by atoms with van der Waals surface area (Å²) in [6.07, 6.45) is 0. The van der Waals surface area contributed by atoms with Gasteiger partial charge in [0.15, 0.2) is 5.13 Å². The van der Waals surface area contributed by atoms with Gasteiger partial charge < -0.3 is 9.47 Å². The molecule has 3 aromatic rings. The minimum atomic E-state index is -0.352. The SMILES string of the molecule is COc1ccc(OC)c(-c2nc(NC(=O)c3ccc(Cl)cc3Cl)sc2C)c1. The summed E-state index contributed by atoms with van der Waals surface area (Å²) in [5, 5.41) is 3.99. The van der Waals surface area contributed by atoms with Crippen molar-refractivity contribution < 1.29 is 14.3 Å². The number of benzene rings is 2. The number of amides is 1. The van der Waals surface area contributed by atoms with Crippen LogP contribution in [0.1, 0.15) is 15.2 Å². The molecule has 0 radical (unpaired) electrons. The van der Waals surface area contributed by atoms with Gasteiger partial charge in [0.25, 0.3) is 5.91 Å². The van der Waals surface area contributed by atoms with E-state index in [-0.39, 0.29) is 10.9 Å². The van der Waals surface area contributed by atoms with E-state index in [2.05, 4.69) is 10.3 Å². The van der Waals surface area contributed by atoms with E-state index in [0.717, 1.165) is 10.4 Å². The van der Waals surface area contributed by atoms with E-state index >= 15 is 0 Å². The molecule has 8 heteroatoms. The van der Waals surface area contributed by atoms with Crippen LogP contribution in [0.5, 0.6) is 11.5 Å². The highest BCUT2D eigenvalue weighted by atomic mass is 35.5. The minimum Gasteiger partial charge on any atom is -0.497 e. The lowest BCUT2D eigenvalue weighted by Gasteiger charge is -2.09. The monoisotopic (exact) mass is 422 g/mol. The van der Waals surface area contributed by atoms with E-state index < -0.39 is 0 Å². The number of rotatable bonds is 5. The molecular formula is C19H16Cl2N2O3S. The molecule has 1 N–H and O–H groups in total. The van der Waals surface area contributed by atoms with Crippen molar-refractivity contribution >= 4 is 45.6 Å². The number of carbonyl (C=O) groups is 1. The lowest BCUT2D eigenvalue weighted by molar-refractivity contribution is 0.102. The molecule has 1 amide bonds. The number of halogens is 2. The van der Waals surface area contributed by atoms with Gasteiger partial charge in [0.2, 0.25) is 0 Å². The van der Waals surface area contributed by atoms with Crippen molar-refractivity contribution in [1.29, 1.82) is 0 Å². The van der Waals surface area contributed by atoms with Gasteiger partial charge in [-0.25, -0.2) is 4.98 Å². The van der Waals surface area contributed by atoms with Gasteiger partial charge in [0, 0.05) is 15.5 Å². The molecule has 0 unspecified atom stereocenters. The average molecular weight is 423 g/mol. The number of nitrogens with one attached hydrogen (secondary N) is 1. The van der Waals surface area contributed by atoms with Crippen LogP contribution in [-0.2, 0) is 0 Å². The fraction of sp³-hybridized carbons (Fsp3) is 0.158. The standard InChI is InChI=1S/C19H16Cl2N2O3S/c1-10-17(14-9-12(25-2)5-7-16(14)26-3)22-19(27-10)23-18(24)13-6-4-11(20)8-15(13)21/h4-9H,1-3H3,(H,22,23,24). The summed E-state index contributed by atoms with van der Waals surface area (Å²) in [5.74, 6) is 1.01. The summed E-state index contributed by atoms with van der Waals surface area (Å²) in [6, 6.07) is 10.2. The Morgan fingerprint density at radius 1 is 1.11 bits per heavy atom. The smallest absolute Gasteiger partial charge is 0.258 e. The van der Waals surface area contributed by atoms with Gasteiger partial charge in [0.1, 0.15) is 11.5 Å². The number of hydrogen-bond acceptors (Lipinski definition) is 5. The molecule has 0 bridgehead atoms. The summed E-state index contributed by atoms with van der Waals surface area (Å²) in [4.78, 5) is 18.0. The molecule has 0 saturated heterocycles. The Hall–Kier alpha value is -2.28. The Balaban J connectivity index is 1.92. The molecule has 140 valence electrons. The third kappa shape index (κ3) is 4.18. The number of aromatic nitrogens is 1. The van der Waals surface area contributed by atoms with Gasteiger partial charge in [-0.15, -0.1) is 11.3 Å². The number of thiazole rings is 1. The topological polar surface area (TPSA) is 60.5 Å². The first-order valence-corrected chi connectivity index (χ1v) is 9.46. The van der Waals surface area contributed by atoms with Crippen molar-refractivity contribution in [2.24, 2.45) is 0 Å². The second kappa shape index (κ2) is 8.17. The van der Waals surface area contributed by atoms with E-state index in [1.165, 1.54) is 17.4 Å². The van der Waals surface area contributed by atoms with Crippen LogP contribution in [0.15, 0.2) is 36.4 Å². The fourth-order valence-electron chi connectivity index (χ4n) is 2.54. The molecule has 1 aromatic heterocycles. The maximum absolute atomic E-state index is 12.5. The maximum Gasteiger partial charge on any atom is 0.258 e. The Labute approximate surface area is 170 Å². The quantitative estimate of drug-likeness (QED) is 0.572. The molecule has 5 nitrogen and oxygen atoms in total. The van der Waals surface area contributed by atoms with Gasteiger partial charge in [-0.2, -0.15) is 0 Å². The lowest BCUT2D eigenvalue weighted by atomic mass is 10.1. The van der Waals surface area contributed by atoms with Gasteiger partial charge in [-0.05, 0) is 43.3 Å². The van der Waals surface area contributed by atoms with Crippen molar-refractivity contribution in [3.8, 4) is 22.8 Å². The van der Waals surface area contributed by atoms with Crippen LogP contribution in [0, 0.1) is 6.92 Å². The van der Waals surface area contributed by atoms with Crippen molar-refractivity contribution in [2.75, 3.05) is 19.5 Å². The summed E-state index contributed by atoms with van der Waals surface area (Å²) >= 11 is 13.3. The highest BCUT2D eigenvalue weighted by molar-refractivity contribution is 7.16. The maximum atomic E-state index is 12.5. The van der Waals surface area contributed by atoms with Crippen LogP contribution >= 0.6 is 34.5 Å². The van der Waals surface area contributed by atoms with E-state index in [1.807, 2.05) is 25.1 Å². The largest absolute Gasteiger partial charge is 0.497 e. The van der Waals surface area contributed by atoms with Crippen molar-refractivity contribution in [3.63, 3.8) is 0 Å². The second-order valence-electron chi connectivity index (χ2n) is 5.57. The average Bonchev–Trinajstić information content (AvgIpc) is 3.00. The van der Waals surface area contributed by atoms with E-state index in [1.54, 1.807) is 26.4 Å². The molecule has 3 rings (SSSR count). The normalized spacial score (nSPS) is 10.6. The number of carbonyl (C=O) groups excluding carboxylic acids is 1. The zero-order valence-corrected chi connectivity index (χ0v) is 17.1. The molecule has 0 aliphatic rings. The van der Waals surface area contributed by atoms with Crippen LogP contribution in [0.25, 0.3) is 11.3 Å². The first kappa shape index (κ1) is 19.5. The number of anilines is 1. The highest BCUT2D eigenvalue weighted by Gasteiger charge is 2.18. The molecule has 0 aliphatic carbocycles. The molecule has 0 aliphatic heterocycles. The minimum absolute atomic E-state index is 0.281. The van der Waals surface area contributed by atoms with Crippen LogP contribution < -0.4 is 14.8 Å². The van der Waals surface area contributed by atoms with Crippen LogP contribution in [0.2, 0.25) is 10.0 Å². The predicted octanol–water partition coefficient (Wildman–Crippen LogP) is 5.69. The Kier molecular flexibility index (Phi) is 5.89. The van der Waals surface area contributed by atoms with Gasteiger partial charge in [-0.1, -0.05) is 23.2 Å². The fourth-order valence-corrected chi connectivity index (χ4v) is 3.85.